The molecule has 1 aliphatic rings. The molecule has 0 bridgehead atoms. The molecule has 27 heavy (non-hydrogen) atoms. The van der Waals surface area contributed by atoms with Gasteiger partial charge in [0.1, 0.15) is 0 Å². The summed E-state index contributed by atoms with van der Waals surface area (Å²) in [5, 5.41) is 0. The first-order chi connectivity index (χ1) is 12.9. The predicted octanol–water partition coefficient (Wildman–Crippen LogP) is 4.57. The van der Waals surface area contributed by atoms with E-state index in [1.807, 2.05) is 13.8 Å². The molecule has 0 saturated carbocycles. The molecule has 1 amide bonds. The van der Waals surface area contributed by atoms with E-state index < -0.39 is 6.61 Å². The summed E-state index contributed by atoms with van der Waals surface area (Å²) in [6, 6.07) is 8.29. The second-order valence-corrected chi connectivity index (χ2v) is 6.42. The number of halogens is 2. The lowest BCUT2D eigenvalue weighted by atomic mass is 9.99. The number of aliphatic imine (C=N–C) groups is 1. The molecule has 0 saturated heterocycles. The van der Waals surface area contributed by atoms with Gasteiger partial charge in [-0.05, 0) is 35.7 Å². The Labute approximate surface area is 155 Å². The summed E-state index contributed by atoms with van der Waals surface area (Å²) in [5.74, 6) is 0.232. The zero-order valence-electron chi connectivity index (χ0n) is 15.2. The maximum atomic E-state index is 12.7. The standard InChI is InChI=1S/C20H19F2NO4/c1-11(2)10-26-17-14(6-7-16(18(17)25-3)27-20(21)22)12-4-5-15-13(8-12)9-23-19(15)24/h4-9,11,20H,10H2,1-3H3. The Morgan fingerprint density at radius 2 is 1.81 bits per heavy atom. The molecule has 0 aromatic heterocycles. The van der Waals surface area contributed by atoms with Crippen LogP contribution in [0.3, 0.4) is 0 Å². The second-order valence-electron chi connectivity index (χ2n) is 6.42. The van der Waals surface area contributed by atoms with Gasteiger partial charge in [0.2, 0.25) is 5.75 Å². The average molecular weight is 375 g/mol. The predicted molar refractivity (Wildman–Crippen MR) is 97.3 cm³/mol. The van der Waals surface area contributed by atoms with Gasteiger partial charge < -0.3 is 14.2 Å². The van der Waals surface area contributed by atoms with Crippen molar-refractivity contribution in [2.24, 2.45) is 10.9 Å². The highest BCUT2D eigenvalue weighted by atomic mass is 19.3. The van der Waals surface area contributed by atoms with Crippen LogP contribution < -0.4 is 14.2 Å². The first-order valence-electron chi connectivity index (χ1n) is 8.42. The topological polar surface area (TPSA) is 57.1 Å². The maximum Gasteiger partial charge on any atom is 0.387 e. The number of carbonyl (C=O) groups excluding carboxylic acids is 1. The number of benzene rings is 2. The third kappa shape index (κ3) is 3.92. The van der Waals surface area contributed by atoms with Crippen LogP contribution in [0.15, 0.2) is 35.3 Å². The Bertz CT molecular complexity index is 894. The van der Waals surface area contributed by atoms with E-state index in [0.717, 1.165) is 5.56 Å². The van der Waals surface area contributed by atoms with Crippen LogP contribution in [0, 0.1) is 5.92 Å². The number of carbonyl (C=O) groups is 1. The highest BCUT2D eigenvalue weighted by Crippen LogP contribution is 2.45. The summed E-state index contributed by atoms with van der Waals surface area (Å²) in [5.41, 5.74) is 2.60. The van der Waals surface area contributed by atoms with Gasteiger partial charge in [-0.1, -0.05) is 19.9 Å². The molecule has 0 spiro atoms. The molecule has 2 aromatic carbocycles. The first kappa shape index (κ1) is 18.8. The van der Waals surface area contributed by atoms with Crippen LogP contribution in [-0.4, -0.2) is 32.4 Å². The van der Waals surface area contributed by atoms with Crippen LogP contribution in [0.5, 0.6) is 17.2 Å². The average Bonchev–Trinajstić information content (AvgIpc) is 2.99. The molecule has 142 valence electrons. The Morgan fingerprint density at radius 1 is 1.07 bits per heavy atom. The van der Waals surface area contributed by atoms with Gasteiger partial charge in [0.05, 0.1) is 19.3 Å². The Hall–Kier alpha value is -2.96. The van der Waals surface area contributed by atoms with Crippen molar-refractivity contribution in [3.8, 4) is 28.4 Å². The molecule has 7 heteroatoms. The van der Waals surface area contributed by atoms with Gasteiger partial charge in [-0.3, -0.25) is 4.79 Å². The van der Waals surface area contributed by atoms with E-state index in [2.05, 4.69) is 9.73 Å². The Kier molecular flexibility index (Phi) is 5.39. The van der Waals surface area contributed by atoms with E-state index in [1.54, 1.807) is 24.3 Å². The molecule has 1 aliphatic heterocycles. The molecule has 0 N–H and O–H groups in total. The monoisotopic (exact) mass is 375 g/mol. The molecule has 3 rings (SSSR count). The maximum absolute atomic E-state index is 12.7. The van der Waals surface area contributed by atoms with Crippen LogP contribution in [0.2, 0.25) is 0 Å². The minimum Gasteiger partial charge on any atom is -0.490 e. The molecule has 0 radical (unpaired) electrons. The van der Waals surface area contributed by atoms with Gasteiger partial charge in [-0.2, -0.15) is 8.78 Å². The molecule has 2 aromatic rings. The number of hydrogen-bond donors (Lipinski definition) is 0. The van der Waals surface area contributed by atoms with Gasteiger partial charge in [-0.25, -0.2) is 4.99 Å². The normalized spacial score (nSPS) is 12.6. The lowest BCUT2D eigenvalue weighted by Gasteiger charge is -2.19. The second kappa shape index (κ2) is 7.73. The summed E-state index contributed by atoms with van der Waals surface area (Å²) in [6.45, 7) is 1.34. The zero-order valence-corrected chi connectivity index (χ0v) is 15.2. The van der Waals surface area contributed by atoms with Crippen molar-refractivity contribution >= 4 is 12.1 Å². The molecule has 0 fully saturated rings. The van der Waals surface area contributed by atoms with Gasteiger partial charge in [0.25, 0.3) is 5.91 Å². The molecule has 0 aliphatic carbocycles. The number of methoxy groups -OCH3 is 1. The quantitative estimate of drug-likeness (QED) is 0.711. The summed E-state index contributed by atoms with van der Waals surface area (Å²) >= 11 is 0. The third-order valence-electron chi connectivity index (χ3n) is 3.97. The van der Waals surface area contributed by atoms with Crippen molar-refractivity contribution in [3.05, 3.63) is 41.5 Å². The van der Waals surface area contributed by atoms with Crippen molar-refractivity contribution < 1.29 is 27.8 Å². The molecular weight excluding hydrogens is 356 g/mol. The summed E-state index contributed by atoms with van der Waals surface area (Å²) in [7, 11) is 1.37. The van der Waals surface area contributed by atoms with E-state index >= 15 is 0 Å². The molecule has 0 unspecified atom stereocenters. The molecule has 5 nitrogen and oxygen atoms in total. The number of fused-ring (bicyclic) bond motifs is 1. The van der Waals surface area contributed by atoms with E-state index in [0.29, 0.717) is 29.0 Å². The van der Waals surface area contributed by atoms with E-state index in [-0.39, 0.29) is 23.3 Å². The first-order valence-corrected chi connectivity index (χ1v) is 8.42. The SMILES string of the molecule is COc1c(OC(F)F)ccc(-c2ccc3c(c2)C=NC3=O)c1OCC(C)C. The van der Waals surface area contributed by atoms with Crippen molar-refractivity contribution in [1.29, 1.82) is 0 Å². The fourth-order valence-electron chi connectivity index (χ4n) is 2.78. The number of nitrogens with zero attached hydrogens (tertiary/aromatic N) is 1. The third-order valence-corrected chi connectivity index (χ3v) is 3.97. The lowest BCUT2D eigenvalue weighted by molar-refractivity contribution is -0.0513. The van der Waals surface area contributed by atoms with Gasteiger partial charge >= 0.3 is 6.61 Å². The molecular formula is C20H19F2NO4. The van der Waals surface area contributed by atoms with Gasteiger partial charge in [0.15, 0.2) is 11.5 Å². The fraction of sp³-hybridized carbons (Fsp3) is 0.300. The number of alkyl halides is 2. The number of hydrogen-bond acceptors (Lipinski definition) is 4. The largest absolute Gasteiger partial charge is 0.490 e. The number of ether oxygens (including phenoxy) is 3. The summed E-state index contributed by atoms with van der Waals surface area (Å²) in [6.07, 6.45) is 1.50. The van der Waals surface area contributed by atoms with E-state index in [9.17, 15) is 13.6 Å². The minimum absolute atomic E-state index is 0.0960. The lowest BCUT2D eigenvalue weighted by Crippen LogP contribution is -2.09. The van der Waals surface area contributed by atoms with Crippen molar-refractivity contribution in [2.75, 3.05) is 13.7 Å². The smallest absolute Gasteiger partial charge is 0.387 e. The van der Waals surface area contributed by atoms with Crippen LogP contribution in [0.25, 0.3) is 11.1 Å². The van der Waals surface area contributed by atoms with Crippen molar-refractivity contribution in [1.82, 2.24) is 0 Å². The van der Waals surface area contributed by atoms with Crippen LogP contribution in [-0.2, 0) is 0 Å². The number of amides is 1. The molecule has 1 heterocycles. The highest BCUT2D eigenvalue weighted by Gasteiger charge is 2.22. The van der Waals surface area contributed by atoms with E-state index in [4.69, 9.17) is 9.47 Å². The van der Waals surface area contributed by atoms with Gasteiger partial charge in [-0.15, -0.1) is 0 Å². The Morgan fingerprint density at radius 3 is 2.48 bits per heavy atom. The van der Waals surface area contributed by atoms with Gasteiger partial charge in [0, 0.05) is 17.3 Å². The summed E-state index contributed by atoms with van der Waals surface area (Å²) < 4.78 is 41.2. The highest BCUT2D eigenvalue weighted by molar-refractivity contribution is 6.13. The van der Waals surface area contributed by atoms with Crippen LogP contribution >= 0.6 is 0 Å². The fourth-order valence-corrected chi connectivity index (χ4v) is 2.78. The zero-order chi connectivity index (χ0) is 19.6. The van der Waals surface area contributed by atoms with Crippen LogP contribution in [0.4, 0.5) is 8.78 Å². The summed E-state index contributed by atoms with van der Waals surface area (Å²) in [4.78, 5) is 15.5. The van der Waals surface area contributed by atoms with Crippen LogP contribution in [0.1, 0.15) is 29.8 Å². The number of rotatable bonds is 7. The minimum atomic E-state index is -2.98. The van der Waals surface area contributed by atoms with Crippen molar-refractivity contribution in [2.45, 2.75) is 20.5 Å². The van der Waals surface area contributed by atoms with Crippen molar-refractivity contribution in [3.63, 3.8) is 0 Å². The Balaban J connectivity index is 2.11. The molecule has 0 atom stereocenters. The van der Waals surface area contributed by atoms with E-state index in [1.165, 1.54) is 19.4 Å².